The molecule has 21 heavy (non-hydrogen) atoms. The van der Waals surface area contributed by atoms with E-state index in [4.69, 9.17) is 5.11 Å². The first-order chi connectivity index (χ1) is 9.90. The number of aromatic carboxylic acids is 1. The molecule has 0 spiro atoms. The van der Waals surface area contributed by atoms with E-state index in [1.165, 1.54) is 11.4 Å². The van der Waals surface area contributed by atoms with Gasteiger partial charge in [-0.1, -0.05) is 0 Å². The van der Waals surface area contributed by atoms with E-state index in [1.54, 1.807) is 0 Å². The second kappa shape index (κ2) is 6.54. The molecule has 1 aromatic heterocycles. The van der Waals surface area contributed by atoms with Crippen LogP contribution in [0.1, 0.15) is 35.4 Å². The largest absolute Gasteiger partial charge is 0.477 e. The van der Waals surface area contributed by atoms with Crippen LogP contribution in [0.15, 0.2) is 16.3 Å². The average molecular weight is 332 g/mol. The number of carbonyl (C=O) groups is 2. The molecular formula is C12H16N2O5S2. The van der Waals surface area contributed by atoms with Gasteiger partial charge in [0.2, 0.25) is 15.9 Å². The van der Waals surface area contributed by atoms with Gasteiger partial charge in [0.05, 0.1) is 0 Å². The fourth-order valence-corrected chi connectivity index (χ4v) is 4.06. The van der Waals surface area contributed by atoms with Crippen LogP contribution in [0.4, 0.5) is 0 Å². The van der Waals surface area contributed by atoms with Crippen molar-refractivity contribution < 1.29 is 23.1 Å². The minimum atomic E-state index is -3.85. The summed E-state index contributed by atoms with van der Waals surface area (Å²) >= 11 is 0.860. The molecule has 7 nitrogen and oxygen atoms in total. The van der Waals surface area contributed by atoms with Crippen molar-refractivity contribution >= 4 is 33.2 Å². The number of hydrogen-bond donors (Lipinski definition) is 3. The van der Waals surface area contributed by atoms with Gasteiger partial charge in [-0.15, -0.1) is 11.3 Å². The topological polar surface area (TPSA) is 113 Å². The molecule has 1 heterocycles. The molecule has 0 bridgehead atoms. The van der Waals surface area contributed by atoms with Crippen LogP contribution in [0.25, 0.3) is 0 Å². The molecule has 2 rings (SSSR count). The van der Waals surface area contributed by atoms with E-state index in [-0.39, 0.29) is 34.7 Å². The van der Waals surface area contributed by atoms with Gasteiger partial charge in [-0.05, 0) is 30.7 Å². The van der Waals surface area contributed by atoms with Gasteiger partial charge in [0.15, 0.2) is 0 Å². The third-order valence-electron chi connectivity index (χ3n) is 2.93. The predicted octanol–water partition coefficient (Wildman–Crippen LogP) is 0.783. The van der Waals surface area contributed by atoms with Crippen molar-refractivity contribution in [2.75, 3.05) is 6.54 Å². The Bertz CT molecular complexity index is 634. The van der Waals surface area contributed by atoms with E-state index < -0.39 is 16.0 Å². The van der Waals surface area contributed by atoms with Crippen LogP contribution in [0.3, 0.4) is 0 Å². The molecule has 0 unspecified atom stereocenters. The van der Waals surface area contributed by atoms with Crippen LogP contribution < -0.4 is 10.0 Å². The maximum absolute atomic E-state index is 12.0. The highest BCUT2D eigenvalue weighted by Gasteiger charge is 2.24. The molecule has 0 atom stereocenters. The molecule has 1 aliphatic carbocycles. The normalized spacial score (nSPS) is 14.9. The molecule has 1 saturated carbocycles. The first kappa shape index (κ1) is 15.9. The molecule has 3 N–H and O–H groups in total. The van der Waals surface area contributed by atoms with Crippen LogP contribution in [-0.2, 0) is 14.8 Å². The minimum Gasteiger partial charge on any atom is -0.477 e. The first-order valence-corrected chi connectivity index (χ1v) is 8.86. The van der Waals surface area contributed by atoms with Gasteiger partial charge >= 0.3 is 5.97 Å². The fourth-order valence-electron chi connectivity index (χ4n) is 1.73. The SMILES string of the molecule is O=C(CCCNS(=O)(=O)c1ccsc1C(=O)O)NC1CC1. The number of rotatable bonds is 8. The lowest BCUT2D eigenvalue weighted by Crippen LogP contribution is -2.29. The van der Waals surface area contributed by atoms with Crippen molar-refractivity contribution in [2.45, 2.75) is 36.6 Å². The minimum absolute atomic E-state index is 0.0848. The molecule has 9 heteroatoms. The summed E-state index contributed by atoms with van der Waals surface area (Å²) in [4.78, 5) is 21.9. The van der Waals surface area contributed by atoms with Gasteiger partial charge < -0.3 is 10.4 Å². The van der Waals surface area contributed by atoms with Crippen molar-refractivity contribution in [2.24, 2.45) is 0 Å². The van der Waals surface area contributed by atoms with E-state index >= 15 is 0 Å². The Labute approximate surface area is 126 Å². The summed E-state index contributed by atoms with van der Waals surface area (Å²) < 4.78 is 26.3. The molecule has 1 fully saturated rings. The highest BCUT2D eigenvalue weighted by molar-refractivity contribution is 7.89. The number of thiophene rings is 1. The van der Waals surface area contributed by atoms with Crippen LogP contribution >= 0.6 is 11.3 Å². The van der Waals surface area contributed by atoms with Gasteiger partial charge in [-0.3, -0.25) is 4.79 Å². The number of amides is 1. The van der Waals surface area contributed by atoms with Crippen LogP contribution in [0.5, 0.6) is 0 Å². The van der Waals surface area contributed by atoms with Gasteiger partial charge in [-0.2, -0.15) is 0 Å². The Morgan fingerprint density at radius 2 is 2.10 bits per heavy atom. The Morgan fingerprint density at radius 1 is 1.38 bits per heavy atom. The van der Waals surface area contributed by atoms with E-state index in [9.17, 15) is 18.0 Å². The van der Waals surface area contributed by atoms with Crippen molar-refractivity contribution in [1.82, 2.24) is 10.0 Å². The number of sulfonamides is 1. The molecule has 1 aromatic rings. The highest BCUT2D eigenvalue weighted by Crippen LogP contribution is 2.21. The molecule has 0 saturated heterocycles. The summed E-state index contributed by atoms with van der Waals surface area (Å²) in [5.41, 5.74) is 0. The zero-order chi connectivity index (χ0) is 15.5. The highest BCUT2D eigenvalue weighted by atomic mass is 32.2. The number of nitrogens with one attached hydrogen (secondary N) is 2. The smallest absolute Gasteiger partial charge is 0.347 e. The maximum Gasteiger partial charge on any atom is 0.347 e. The summed E-state index contributed by atoms with van der Waals surface area (Å²) in [6.07, 6.45) is 2.63. The first-order valence-electron chi connectivity index (χ1n) is 6.50. The molecule has 0 aliphatic heterocycles. The quantitative estimate of drug-likeness (QED) is 0.609. The predicted molar refractivity (Wildman–Crippen MR) is 76.9 cm³/mol. The fraction of sp³-hybridized carbons (Fsp3) is 0.500. The van der Waals surface area contributed by atoms with Gasteiger partial charge in [0, 0.05) is 19.0 Å². The second-order valence-electron chi connectivity index (χ2n) is 4.76. The molecule has 1 amide bonds. The van der Waals surface area contributed by atoms with Crippen LogP contribution in [-0.4, -0.2) is 38.0 Å². The molecule has 116 valence electrons. The number of hydrogen-bond acceptors (Lipinski definition) is 5. The van der Waals surface area contributed by atoms with E-state index in [0.29, 0.717) is 6.42 Å². The van der Waals surface area contributed by atoms with Crippen molar-refractivity contribution in [1.29, 1.82) is 0 Å². The van der Waals surface area contributed by atoms with Gasteiger partial charge in [0.25, 0.3) is 0 Å². The van der Waals surface area contributed by atoms with Gasteiger partial charge in [-0.25, -0.2) is 17.9 Å². The summed E-state index contributed by atoms with van der Waals surface area (Å²) in [5.74, 6) is -1.35. The zero-order valence-electron chi connectivity index (χ0n) is 11.2. The lowest BCUT2D eigenvalue weighted by molar-refractivity contribution is -0.121. The third kappa shape index (κ3) is 4.51. The summed E-state index contributed by atoms with van der Waals surface area (Å²) in [6, 6.07) is 1.55. The van der Waals surface area contributed by atoms with Crippen molar-refractivity contribution in [3.63, 3.8) is 0 Å². The monoisotopic (exact) mass is 332 g/mol. The van der Waals surface area contributed by atoms with Crippen LogP contribution in [0.2, 0.25) is 0 Å². The van der Waals surface area contributed by atoms with Crippen molar-refractivity contribution in [3.8, 4) is 0 Å². The van der Waals surface area contributed by atoms with Crippen molar-refractivity contribution in [3.05, 3.63) is 16.3 Å². The zero-order valence-corrected chi connectivity index (χ0v) is 12.8. The summed E-state index contributed by atoms with van der Waals surface area (Å²) in [6.45, 7) is 0.0926. The van der Waals surface area contributed by atoms with Gasteiger partial charge in [0.1, 0.15) is 9.77 Å². The Hall–Kier alpha value is -1.45. The summed E-state index contributed by atoms with van der Waals surface area (Å²) in [7, 11) is -3.85. The molecular weight excluding hydrogens is 316 g/mol. The Morgan fingerprint density at radius 3 is 2.71 bits per heavy atom. The number of carbonyl (C=O) groups excluding carboxylic acids is 1. The average Bonchev–Trinajstić information content (AvgIpc) is 3.06. The lowest BCUT2D eigenvalue weighted by Gasteiger charge is -2.06. The second-order valence-corrected chi connectivity index (χ2v) is 7.41. The molecule has 0 radical (unpaired) electrons. The maximum atomic E-state index is 12.0. The van der Waals surface area contributed by atoms with Crippen LogP contribution in [0, 0.1) is 0 Å². The van der Waals surface area contributed by atoms with E-state index in [1.807, 2.05) is 0 Å². The lowest BCUT2D eigenvalue weighted by atomic mass is 10.3. The number of carboxylic acids is 1. The molecule has 1 aliphatic rings. The van der Waals surface area contributed by atoms with E-state index in [0.717, 1.165) is 24.2 Å². The summed E-state index contributed by atoms with van der Waals surface area (Å²) in [5, 5.41) is 13.1. The Kier molecular flexibility index (Phi) is 4.96. The molecule has 0 aromatic carbocycles. The van der Waals surface area contributed by atoms with E-state index in [2.05, 4.69) is 10.0 Å². The Balaban J connectivity index is 1.82. The standard InChI is InChI=1S/C12H16N2O5S2/c15-10(14-8-3-4-8)2-1-6-13-21(18,19)9-5-7-20-11(9)12(16)17/h5,7-8,13H,1-4,6H2,(H,14,15)(H,16,17). The number of carboxylic acid groups (broad SMARTS) is 1. The third-order valence-corrected chi connectivity index (χ3v) is 5.46.